The van der Waals surface area contributed by atoms with Gasteiger partial charge in [0.25, 0.3) is 0 Å². The fourth-order valence-electron chi connectivity index (χ4n) is 4.03. The number of aliphatic hydroxyl groups is 4. The molecule has 0 aromatic heterocycles. The van der Waals surface area contributed by atoms with Crippen LogP contribution in [-0.2, 0) is 20.9 Å². The number of esters is 1. The highest BCUT2D eigenvalue weighted by Crippen LogP contribution is 2.41. The minimum atomic E-state index is -1.82. The predicted octanol–water partition coefficient (Wildman–Crippen LogP) is -0.885. The Morgan fingerprint density at radius 3 is 2.34 bits per heavy atom. The molecule has 0 radical (unpaired) electrons. The number of rotatable bonds is 5. The maximum Gasteiger partial charge on any atom is 0.302 e. The summed E-state index contributed by atoms with van der Waals surface area (Å²) >= 11 is 0. The number of ether oxygens (including phenoxy) is 3. The number of hydrogen-bond donors (Lipinski definition) is 6. The van der Waals surface area contributed by atoms with Gasteiger partial charge in [0.2, 0.25) is 6.29 Å². The van der Waals surface area contributed by atoms with Crippen LogP contribution in [0.3, 0.4) is 0 Å². The monoisotopic (exact) mass is 490 g/mol. The van der Waals surface area contributed by atoms with Gasteiger partial charge >= 0.3 is 5.97 Å². The summed E-state index contributed by atoms with van der Waals surface area (Å²) in [7, 11) is 0. The first-order valence-electron chi connectivity index (χ1n) is 10.5. The van der Waals surface area contributed by atoms with E-state index in [1.807, 2.05) is 0 Å². The molecule has 1 saturated heterocycles. The maximum absolute atomic E-state index is 13.1. The summed E-state index contributed by atoms with van der Waals surface area (Å²) in [6.07, 6.45) is -8.23. The number of phenols is 2. The Hall–Kier alpha value is -3.55. The molecule has 0 unspecified atom stereocenters. The number of hydrogen-bond acceptors (Lipinski definition) is 12. The number of fused-ring (bicyclic) bond motifs is 2. The lowest BCUT2D eigenvalue weighted by molar-refractivity contribution is -0.278. The zero-order valence-electron chi connectivity index (χ0n) is 18.2. The van der Waals surface area contributed by atoms with Crippen LogP contribution in [-0.4, -0.2) is 85.5 Å². The van der Waals surface area contributed by atoms with Crippen molar-refractivity contribution in [1.82, 2.24) is 0 Å². The standard InChI is InChI=1S/C23H22O12/c1-8(25)33-7-15-20(30)21(31)22(32)23(35-15)34-14-5-12-16(19(29)13(14)6-24)18(28)10-3-2-9(26)4-11(10)17(12)27/h2-5,15,20-24,26,29-32H,6-7H2,1H3/t15-,20-,21+,22-,23-/m1/s1. The van der Waals surface area contributed by atoms with Gasteiger partial charge in [0.05, 0.1) is 17.7 Å². The highest BCUT2D eigenvalue weighted by Gasteiger charge is 2.46. The molecule has 1 fully saturated rings. The summed E-state index contributed by atoms with van der Waals surface area (Å²) in [5.41, 5.74) is -1.14. The Labute approximate surface area is 197 Å². The molecular formula is C23H22O12. The number of aliphatic hydroxyl groups excluding tert-OH is 4. The molecule has 1 heterocycles. The predicted molar refractivity (Wildman–Crippen MR) is 113 cm³/mol. The second kappa shape index (κ2) is 9.24. The molecule has 0 bridgehead atoms. The number of benzene rings is 2. The van der Waals surface area contributed by atoms with E-state index in [1.54, 1.807) is 0 Å². The Morgan fingerprint density at radius 2 is 1.69 bits per heavy atom. The first kappa shape index (κ1) is 24.6. The number of phenolic OH excluding ortho intramolecular Hbond substituents is 1. The van der Waals surface area contributed by atoms with Crippen LogP contribution in [0.1, 0.15) is 44.3 Å². The normalized spacial score (nSPS) is 25.6. The first-order chi connectivity index (χ1) is 16.5. The minimum absolute atomic E-state index is 0.0513. The lowest BCUT2D eigenvalue weighted by atomic mass is 9.82. The molecule has 6 N–H and O–H groups in total. The molecule has 12 nitrogen and oxygen atoms in total. The quantitative estimate of drug-likeness (QED) is 0.242. The van der Waals surface area contributed by atoms with Crippen LogP contribution in [0.4, 0.5) is 0 Å². The van der Waals surface area contributed by atoms with Gasteiger partial charge in [-0.15, -0.1) is 0 Å². The van der Waals surface area contributed by atoms with Crippen LogP contribution < -0.4 is 4.74 Å². The van der Waals surface area contributed by atoms with Crippen molar-refractivity contribution >= 4 is 17.5 Å². The van der Waals surface area contributed by atoms with Gasteiger partial charge in [-0.25, -0.2) is 0 Å². The van der Waals surface area contributed by atoms with Crippen molar-refractivity contribution in [2.75, 3.05) is 6.61 Å². The molecule has 2 aliphatic rings. The lowest BCUT2D eigenvalue weighted by Crippen LogP contribution is -2.60. The van der Waals surface area contributed by atoms with Crippen molar-refractivity contribution < 1.29 is 59.2 Å². The fourth-order valence-corrected chi connectivity index (χ4v) is 4.03. The Morgan fingerprint density at radius 1 is 0.971 bits per heavy atom. The molecule has 12 heteroatoms. The van der Waals surface area contributed by atoms with Crippen molar-refractivity contribution in [2.24, 2.45) is 0 Å². The number of carbonyl (C=O) groups is 3. The van der Waals surface area contributed by atoms with E-state index in [2.05, 4.69) is 0 Å². The Bertz CT molecular complexity index is 1210. The number of ketones is 2. The molecule has 2 aromatic carbocycles. The number of carbonyl (C=O) groups excluding carboxylic acids is 3. The van der Waals surface area contributed by atoms with E-state index in [0.717, 1.165) is 19.1 Å². The summed E-state index contributed by atoms with van der Waals surface area (Å²) in [6.45, 7) is -0.201. The zero-order valence-corrected chi connectivity index (χ0v) is 18.2. The molecule has 1 aliphatic carbocycles. The Balaban J connectivity index is 1.72. The van der Waals surface area contributed by atoms with Gasteiger partial charge in [-0.2, -0.15) is 0 Å². The van der Waals surface area contributed by atoms with E-state index < -0.39 is 67.2 Å². The molecule has 0 amide bonds. The lowest BCUT2D eigenvalue weighted by Gasteiger charge is -2.40. The molecular weight excluding hydrogens is 468 g/mol. The van der Waals surface area contributed by atoms with E-state index in [9.17, 15) is 45.0 Å². The van der Waals surface area contributed by atoms with E-state index in [0.29, 0.717) is 0 Å². The third kappa shape index (κ3) is 4.22. The third-order valence-electron chi connectivity index (χ3n) is 5.85. The molecule has 186 valence electrons. The summed E-state index contributed by atoms with van der Waals surface area (Å²) in [5, 5.41) is 61.0. The van der Waals surface area contributed by atoms with Crippen LogP contribution in [0.15, 0.2) is 24.3 Å². The average molecular weight is 490 g/mol. The maximum atomic E-state index is 13.1. The summed E-state index contributed by atoms with van der Waals surface area (Å²) in [4.78, 5) is 37.1. The van der Waals surface area contributed by atoms with Gasteiger partial charge in [0.1, 0.15) is 48.3 Å². The molecule has 0 saturated carbocycles. The highest BCUT2D eigenvalue weighted by molar-refractivity contribution is 6.29. The Kier molecular flexibility index (Phi) is 6.49. The second-order valence-corrected chi connectivity index (χ2v) is 8.11. The van der Waals surface area contributed by atoms with Crippen molar-refractivity contribution in [3.8, 4) is 17.2 Å². The van der Waals surface area contributed by atoms with Gasteiger partial charge in [-0.05, 0) is 24.3 Å². The first-order valence-corrected chi connectivity index (χ1v) is 10.5. The van der Waals surface area contributed by atoms with E-state index >= 15 is 0 Å². The molecule has 0 spiro atoms. The van der Waals surface area contributed by atoms with Crippen LogP contribution in [0.25, 0.3) is 0 Å². The summed E-state index contributed by atoms with van der Waals surface area (Å²) in [6, 6.07) is 4.60. The van der Waals surface area contributed by atoms with E-state index in [4.69, 9.17) is 14.2 Å². The van der Waals surface area contributed by atoms with Crippen LogP contribution in [0.2, 0.25) is 0 Å². The minimum Gasteiger partial charge on any atom is -0.508 e. The van der Waals surface area contributed by atoms with Crippen LogP contribution in [0.5, 0.6) is 17.2 Å². The van der Waals surface area contributed by atoms with Crippen LogP contribution >= 0.6 is 0 Å². The van der Waals surface area contributed by atoms with Crippen molar-refractivity contribution in [3.63, 3.8) is 0 Å². The van der Waals surface area contributed by atoms with Gasteiger partial charge in [0, 0.05) is 23.6 Å². The summed E-state index contributed by atoms with van der Waals surface area (Å²) in [5.74, 6) is -3.47. The smallest absolute Gasteiger partial charge is 0.302 e. The molecule has 1 aliphatic heterocycles. The topological polar surface area (TPSA) is 200 Å². The SMILES string of the molecule is CC(=O)OC[C@H]1O[C@@H](Oc2cc3c(c(O)c2CO)C(=O)c2ccc(O)cc2C3=O)[C@H](O)[C@@H](O)[C@@H]1O. The van der Waals surface area contributed by atoms with Crippen LogP contribution in [0, 0.1) is 0 Å². The van der Waals surface area contributed by atoms with Gasteiger partial charge in [0.15, 0.2) is 11.6 Å². The van der Waals surface area contributed by atoms with Gasteiger partial charge in [-0.1, -0.05) is 0 Å². The zero-order chi connectivity index (χ0) is 25.6. The molecule has 2 aromatic rings. The largest absolute Gasteiger partial charge is 0.508 e. The van der Waals surface area contributed by atoms with E-state index in [-0.39, 0.29) is 39.3 Å². The van der Waals surface area contributed by atoms with Gasteiger partial charge in [-0.3, -0.25) is 14.4 Å². The van der Waals surface area contributed by atoms with Crippen molar-refractivity contribution in [2.45, 2.75) is 44.2 Å². The molecule has 5 atom stereocenters. The third-order valence-corrected chi connectivity index (χ3v) is 5.85. The molecule has 35 heavy (non-hydrogen) atoms. The van der Waals surface area contributed by atoms with Gasteiger partial charge < -0.3 is 44.8 Å². The van der Waals surface area contributed by atoms with E-state index in [1.165, 1.54) is 12.1 Å². The fraction of sp³-hybridized carbons (Fsp3) is 0.348. The average Bonchev–Trinajstić information content (AvgIpc) is 2.81. The summed E-state index contributed by atoms with van der Waals surface area (Å²) < 4.78 is 15.8. The van der Waals surface area contributed by atoms with Crippen molar-refractivity contribution in [1.29, 1.82) is 0 Å². The van der Waals surface area contributed by atoms with Crippen molar-refractivity contribution in [3.05, 3.63) is 52.1 Å². The highest BCUT2D eigenvalue weighted by atomic mass is 16.7. The second-order valence-electron chi connectivity index (χ2n) is 8.11. The number of aromatic hydroxyl groups is 2. The molecule has 4 rings (SSSR count).